The SMILES string of the molecule is COCNC(=O)SC(C(=O)NC1C(=O)N2C(C(=O)O)=C(COC(C)=O)CSC12)c1ccccc1. The Morgan fingerprint density at radius 2 is 1.97 bits per heavy atom. The van der Waals surface area contributed by atoms with Crippen LogP contribution in [-0.4, -0.2) is 76.6 Å². The summed E-state index contributed by atoms with van der Waals surface area (Å²) in [7, 11) is 1.42. The first-order chi connectivity index (χ1) is 16.2. The number of carbonyl (C=O) groups is 5. The maximum atomic E-state index is 13.1. The van der Waals surface area contributed by atoms with Crippen molar-refractivity contribution in [3.8, 4) is 0 Å². The molecule has 2 aliphatic heterocycles. The second-order valence-electron chi connectivity index (χ2n) is 7.24. The van der Waals surface area contributed by atoms with Crippen LogP contribution in [0.3, 0.4) is 0 Å². The number of nitrogens with zero attached hydrogens (tertiary/aromatic N) is 1. The first-order valence-electron chi connectivity index (χ1n) is 10.1. The van der Waals surface area contributed by atoms with Gasteiger partial charge in [-0.3, -0.25) is 24.1 Å². The number of carboxylic acid groups (broad SMARTS) is 1. The van der Waals surface area contributed by atoms with Crippen LogP contribution in [0, 0.1) is 0 Å². The zero-order valence-corrected chi connectivity index (χ0v) is 19.9. The second kappa shape index (κ2) is 11.4. The van der Waals surface area contributed by atoms with Crippen molar-refractivity contribution >= 4 is 52.5 Å². The molecule has 0 aromatic heterocycles. The van der Waals surface area contributed by atoms with Crippen molar-refractivity contribution in [2.45, 2.75) is 23.6 Å². The molecule has 3 amide bonds. The van der Waals surface area contributed by atoms with Crippen LogP contribution in [0.25, 0.3) is 0 Å². The first kappa shape index (κ1) is 25.6. The minimum absolute atomic E-state index is 0.0241. The molecule has 182 valence electrons. The van der Waals surface area contributed by atoms with Gasteiger partial charge in [0.25, 0.3) is 11.1 Å². The molecule has 34 heavy (non-hydrogen) atoms. The minimum atomic E-state index is -1.32. The predicted molar refractivity (Wildman–Crippen MR) is 123 cm³/mol. The number of hydrogen-bond donors (Lipinski definition) is 3. The van der Waals surface area contributed by atoms with Gasteiger partial charge in [0.1, 0.15) is 35.7 Å². The number of β-lactam (4-membered cyclic amide) rings is 1. The van der Waals surface area contributed by atoms with Crippen LogP contribution in [0.15, 0.2) is 41.6 Å². The van der Waals surface area contributed by atoms with Gasteiger partial charge in [-0.2, -0.15) is 0 Å². The summed E-state index contributed by atoms with van der Waals surface area (Å²) in [5, 5.41) is 12.8. The van der Waals surface area contributed by atoms with E-state index >= 15 is 0 Å². The summed E-state index contributed by atoms with van der Waals surface area (Å²) in [5.41, 5.74) is 0.621. The summed E-state index contributed by atoms with van der Waals surface area (Å²) in [5.74, 6) is -2.83. The molecule has 0 saturated carbocycles. The number of methoxy groups -OCH3 is 1. The summed E-state index contributed by atoms with van der Waals surface area (Å²) >= 11 is 2.00. The topological polar surface area (TPSA) is 151 Å². The van der Waals surface area contributed by atoms with Gasteiger partial charge in [-0.1, -0.05) is 30.3 Å². The number of benzene rings is 1. The Morgan fingerprint density at radius 3 is 2.59 bits per heavy atom. The fourth-order valence-electron chi connectivity index (χ4n) is 3.39. The van der Waals surface area contributed by atoms with E-state index in [1.807, 2.05) is 0 Å². The predicted octanol–water partition coefficient (Wildman–Crippen LogP) is 1.08. The zero-order valence-electron chi connectivity index (χ0n) is 18.3. The third-order valence-electron chi connectivity index (χ3n) is 4.92. The van der Waals surface area contributed by atoms with Crippen LogP contribution in [0.2, 0.25) is 0 Å². The van der Waals surface area contributed by atoms with Gasteiger partial charge in [-0.05, 0) is 17.3 Å². The molecule has 2 aliphatic rings. The summed E-state index contributed by atoms with van der Waals surface area (Å²) in [4.78, 5) is 62.2. The molecular formula is C21H23N3O8S2. The highest BCUT2D eigenvalue weighted by Crippen LogP contribution is 2.41. The third-order valence-corrected chi connectivity index (χ3v) is 7.34. The molecule has 1 aromatic carbocycles. The Balaban J connectivity index is 1.75. The first-order valence-corrected chi connectivity index (χ1v) is 12.0. The van der Waals surface area contributed by atoms with Crippen molar-refractivity contribution in [3.05, 3.63) is 47.2 Å². The number of fused-ring (bicyclic) bond motifs is 1. The van der Waals surface area contributed by atoms with E-state index in [4.69, 9.17) is 9.47 Å². The van der Waals surface area contributed by atoms with Crippen molar-refractivity contribution in [1.82, 2.24) is 15.5 Å². The largest absolute Gasteiger partial charge is 0.477 e. The Labute approximate surface area is 203 Å². The van der Waals surface area contributed by atoms with Crippen LogP contribution >= 0.6 is 23.5 Å². The molecule has 3 rings (SSSR count). The second-order valence-corrected chi connectivity index (χ2v) is 9.42. The molecule has 0 bridgehead atoms. The quantitative estimate of drug-likeness (QED) is 0.250. The van der Waals surface area contributed by atoms with Crippen molar-refractivity contribution in [2.24, 2.45) is 0 Å². The molecule has 13 heteroatoms. The third kappa shape index (κ3) is 5.72. The fourth-order valence-corrected chi connectivity index (χ4v) is 5.54. The molecule has 1 saturated heterocycles. The van der Waals surface area contributed by atoms with Crippen LogP contribution in [0.4, 0.5) is 4.79 Å². The molecule has 11 nitrogen and oxygen atoms in total. The lowest BCUT2D eigenvalue weighted by molar-refractivity contribution is -0.151. The molecule has 2 heterocycles. The molecule has 1 fully saturated rings. The number of hydrogen-bond acceptors (Lipinski definition) is 9. The number of rotatable bonds is 9. The smallest absolute Gasteiger partial charge is 0.352 e. The normalized spacial score (nSPS) is 20.1. The lowest BCUT2D eigenvalue weighted by atomic mass is 10.0. The number of esters is 1. The molecule has 3 N–H and O–H groups in total. The van der Waals surface area contributed by atoms with E-state index in [0.29, 0.717) is 11.1 Å². The Kier molecular flexibility index (Phi) is 8.58. The molecule has 0 radical (unpaired) electrons. The van der Waals surface area contributed by atoms with Crippen LogP contribution < -0.4 is 10.6 Å². The monoisotopic (exact) mass is 509 g/mol. The molecule has 3 unspecified atom stereocenters. The zero-order chi connectivity index (χ0) is 24.8. The molecule has 3 atom stereocenters. The van der Waals surface area contributed by atoms with Gasteiger partial charge in [0.2, 0.25) is 5.91 Å². The Hall–Kier alpha value is -3.03. The highest BCUT2D eigenvalue weighted by molar-refractivity contribution is 8.14. The number of carbonyl (C=O) groups excluding carboxylic acids is 4. The van der Waals surface area contributed by atoms with E-state index < -0.39 is 45.7 Å². The fraction of sp³-hybridized carbons (Fsp3) is 0.381. The summed E-state index contributed by atoms with van der Waals surface area (Å²) in [6.07, 6.45) is 0. The van der Waals surface area contributed by atoms with Crippen LogP contribution in [-0.2, 0) is 28.7 Å². The lowest BCUT2D eigenvalue weighted by Gasteiger charge is -2.49. The van der Waals surface area contributed by atoms with E-state index in [1.165, 1.54) is 25.8 Å². The van der Waals surface area contributed by atoms with E-state index in [9.17, 15) is 29.1 Å². The van der Waals surface area contributed by atoms with Gasteiger partial charge in [0.05, 0.1) is 0 Å². The summed E-state index contributed by atoms with van der Waals surface area (Å²) in [6, 6.07) is 7.65. The molecule has 0 aliphatic carbocycles. The molecule has 1 aromatic rings. The molecule has 0 spiro atoms. The van der Waals surface area contributed by atoms with E-state index in [1.54, 1.807) is 30.3 Å². The van der Waals surface area contributed by atoms with Crippen molar-refractivity contribution in [3.63, 3.8) is 0 Å². The number of amides is 3. The number of carboxylic acids is 1. The Morgan fingerprint density at radius 1 is 1.26 bits per heavy atom. The minimum Gasteiger partial charge on any atom is -0.477 e. The summed E-state index contributed by atoms with van der Waals surface area (Å²) in [6.45, 7) is 0.946. The van der Waals surface area contributed by atoms with Gasteiger partial charge in [0.15, 0.2) is 0 Å². The van der Waals surface area contributed by atoms with Gasteiger partial charge in [0, 0.05) is 25.4 Å². The van der Waals surface area contributed by atoms with Crippen LogP contribution in [0.5, 0.6) is 0 Å². The van der Waals surface area contributed by atoms with Crippen molar-refractivity contribution in [2.75, 3.05) is 26.2 Å². The van der Waals surface area contributed by atoms with Gasteiger partial charge in [-0.15, -0.1) is 11.8 Å². The number of thioether (sulfide) groups is 2. The highest BCUT2D eigenvalue weighted by atomic mass is 32.2. The van der Waals surface area contributed by atoms with Gasteiger partial charge < -0.3 is 25.2 Å². The number of nitrogens with one attached hydrogen (secondary N) is 2. The maximum absolute atomic E-state index is 13.1. The summed E-state index contributed by atoms with van der Waals surface area (Å²) < 4.78 is 9.73. The van der Waals surface area contributed by atoms with E-state index in [0.717, 1.165) is 16.7 Å². The Bertz CT molecular complexity index is 1020. The van der Waals surface area contributed by atoms with Crippen molar-refractivity contribution in [1.29, 1.82) is 0 Å². The average Bonchev–Trinajstić information content (AvgIpc) is 2.82. The highest BCUT2D eigenvalue weighted by Gasteiger charge is 2.54. The van der Waals surface area contributed by atoms with Gasteiger partial charge in [-0.25, -0.2) is 4.79 Å². The number of aliphatic carboxylic acids is 1. The van der Waals surface area contributed by atoms with E-state index in [-0.39, 0.29) is 24.8 Å². The van der Waals surface area contributed by atoms with Crippen LogP contribution in [0.1, 0.15) is 17.7 Å². The molecular weight excluding hydrogens is 486 g/mol. The average molecular weight is 510 g/mol. The standard InChI is InChI=1S/C21H23N3O8S2/c1-11(25)32-8-13-9-33-19-14(18(27)24(19)15(13)20(28)29)23-17(26)16(12-6-4-3-5-7-12)34-21(30)22-10-31-2/h3-7,14,16,19H,8-10H2,1-2H3,(H,22,30)(H,23,26)(H,28,29). The van der Waals surface area contributed by atoms with Crippen molar-refractivity contribution < 1.29 is 38.6 Å². The number of ether oxygens (including phenoxy) is 2. The van der Waals surface area contributed by atoms with Gasteiger partial charge >= 0.3 is 11.9 Å². The lowest BCUT2D eigenvalue weighted by Crippen LogP contribution is -2.70. The maximum Gasteiger partial charge on any atom is 0.352 e. The van der Waals surface area contributed by atoms with E-state index in [2.05, 4.69) is 10.6 Å².